The van der Waals surface area contributed by atoms with E-state index in [-0.39, 0.29) is 0 Å². The van der Waals surface area contributed by atoms with Gasteiger partial charge < -0.3 is 16.4 Å². The first-order valence-corrected chi connectivity index (χ1v) is 6.21. The van der Waals surface area contributed by atoms with Crippen LogP contribution < -0.4 is 16.4 Å². The highest BCUT2D eigenvalue weighted by atomic mass is 15.1. The van der Waals surface area contributed by atoms with Crippen molar-refractivity contribution < 1.29 is 0 Å². The maximum absolute atomic E-state index is 5.58. The fourth-order valence-electron chi connectivity index (χ4n) is 1.47. The van der Waals surface area contributed by atoms with Crippen molar-refractivity contribution in [1.82, 2.24) is 15.0 Å². The first kappa shape index (κ1) is 13.2. The molecule has 100 valence electrons. The molecule has 1 atom stereocenters. The second kappa shape index (κ2) is 6.65. The van der Waals surface area contributed by atoms with E-state index in [1.165, 1.54) is 6.33 Å². The predicted molar refractivity (Wildman–Crippen MR) is 76.3 cm³/mol. The quantitative estimate of drug-likeness (QED) is 0.729. The summed E-state index contributed by atoms with van der Waals surface area (Å²) in [5, 5.41) is 6.43. The van der Waals surface area contributed by atoms with Crippen LogP contribution in [0.4, 0.5) is 17.3 Å². The Morgan fingerprint density at radius 2 is 1.95 bits per heavy atom. The molecule has 0 saturated heterocycles. The van der Waals surface area contributed by atoms with Gasteiger partial charge in [0.25, 0.3) is 0 Å². The Hall–Kier alpha value is -2.21. The molecule has 2 rings (SSSR count). The van der Waals surface area contributed by atoms with E-state index in [0.717, 1.165) is 23.9 Å². The molecule has 0 saturated carbocycles. The first-order chi connectivity index (χ1) is 9.28. The molecular weight excluding hydrogens is 240 g/mol. The molecule has 0 aliphatic rings. The Bertz CT molecular complexity index is 501. The van der Waals surface area contributed by atoms with Crippen LogP contribution in [0.3, 0.4) is 0 Å². The lowest BCUT2D eigenvalue weighted by atomic mass is 10.2. The fraction of sp³-hybridized carbons (Fsp3) is 0.308. The van der Waals surface area contributed by atoms with Crippen LogP contribution in [0.15, 0.2) is 36.9 Å². The van der Waals surface area contributed by atoms with Crippen molar-refractivity contribution in [2.45, 2.75) is 6.92 Å². The first-order valence-electron chi connectivity index (χ1n) is 6.21. The van der Waals surface area contributed by atoms with Crippen LogP contribution in [-0.4, -0.2) is 28.0 Å². The van der Waals surface area contributed by atoms with Gasteiger partial charge in [-0.1, -0.05) is 6.92 Å². The topological polar surface area (TPSA) is 88.8 Å². The molecule has 6 heteroatoms. The van der Waals surface area contributed by atoms with Gasteiger partial charge in [0, 0.05) is 30.7 Å². The van der Waals surface area contributed by atoms with E-state index in [2.05, 4.69) is 32.5 Å². The van der Waals surface area contributed by atoms with Crippen molar-refractivity contribution >= 4 is 17.3 Å². The number of rotatable bonds is 6. The number of hydrogen-bond donors (Lipinski definition) is 3. The SMILES string of the molecule is CC(CN)CNc1cc(Nc2ccncc2)ncn1. The van der Waals surface area contributed by atoms with Crippen molar-refractivity contribution in [2.24, 2.45) is 11.7 Å². The van der Waals surface area contributed by atoms with Crippen LogP contribution in [-0.2, 0) is 0 Å². The van der Waals surface area contributed by atoms with E-state index in [1.54, 1.807) is 12.4 Å². The molecule has 0 spiro atoms. The molecule has 0 bridgehead atoms. The summed E-state index contributed by atoms with van der Waals surface area (Å²) in [4.78, 5) is 12.3. The van der Waals surface area contributed by atoms with Gasteiger partial charge in [-0.15, -0.1) is 0 Å². The average molecular weight is 258 g/mol. The molecule has 0 aliphatic heterocycles. The average Bonchev–Trinajstić information content (AvgIpc) is 2.46. The molecule has 0 aromatic carbocycles. The molecular formula is C13H18N6. The molecule has 6 nitrogen and oxygen atoms in total. The minimum atomic E-state index is 0.409. The molecule has 2 heterocycles. The summed E-state index contributed by atoms with van der Waals surface area (Å²) in [7, 11) is 0. The van der Waals surface area contributed by atoms with Crippen LogP contribution in [0.25, 0.3) is 0 Å². The Morgan fingerprint density at radius 1 is 1.21 bits per heavy atom. The summed E-state index contributed by atoms with van der Waals surface area (Å²) < 4.78 is 0. The molecule has 4 N–H and O–H groups in total. The van der Waals surface area contributed by atoms with Crippen molar-refractivity contribution in [1.29, 1.82) is 0 Å². The Kier molecular flexibility index (Phi) is 4.63. The van der Waals surface area contributed by atoms with Gasteiger partial charge >= 0.3 is 0 Å². The summed E-state index contributed by atoms with van der Waals surface area (Å²) in [6, 6.07) is 5.63. The standard InChI is InChI=1S/C13H18N6/c1-10(7-14)8-16-12-6-13(18-9-17-12)19-11-2-4-15-5-3-11/h2-6,9-10H,7-8,14H2,1H3,(H2,15,16,17,18,19). The van der Waals surface area contributed by atoms with E-state index < -0.39 is 0 Å². The van der Waals surface area contributed by atoms with Crippen molar-refractivity contribution in [3.05, 3.63) is 36.9 Å². The van der Waals surface area contributed by atoms with E-state index in [4.69, 9.17) is 5.73 Å². The zero-order valence-electron chi connectivity index (χ0n) is 10.9. The number of pyridine rings is 1. The lowest BCUT2D eigenvalue weighted by Crippen LogP contribution is -2.20. The van der Waals surface area contributed by atoms with Gasteiger partial charge in [0.15, 0.2) is 0 Å². The summed E-state index contributed by atoms with van der Waals surface area (Å²) in [5.41, 5.74) is 6.52. The largest absolute Gasteiger partial charge is 0.370 e. The third kappa shape index (κ3) is 4.18. The van der Waals surface area contributed by atoms with E-state index in [9.17, 15) is 0 Å². The highest BCUT2D eigenvalue weighted by Gasteiger charge is 2.02. The lowest BCUT2D eigenvalue weighted by molar-refractivity contribution is 0.627. The maximum Gasteiger partial charge on any atom is 0.135 e. The van der Waals surface area contributed by atoms with Crippen molar-refractivity contribution in [3.63, 3.8) is 0 Å². The maximum atomic E-state index is 5.58. The third-order valence-corrected chi connectivity index (χ3v) is 2.65. The Morgan fingerprint density at radius 3 is 2.68 bits per heavy atom. The predicted octanol–water partition coefficient (Wildman–Crippen LogP) is 1.62. The number of nitrogens with zero attached hydrogens (tertiary/aromatic N) is 3. The second-order valence-corrected chi connectivity index (χ2v) is 4.37. The molecule has 0 amide bonds. The van der Waals surface area contributed by atoms with Crippen LogP contribution in [0.2, 0.25) is 0 Å². The molecule has 19 heavy (non-hydrogen) atoms. The van der Waals surface area contributed by atoms with Gasteiger partial charge in [-0.3, -0.25) is 4.98 Å². The summed E-state index contributed by atoms with van der Waals surface area (Å²) in [5.74, 6) is 1.93. The van der Waals surface area contributed by atoms with Crippen molar-refractivity contribution in [3.8, 4) is 0 Å². The molecule has 0 fully saturated rings. The van der Waals surface area contributed by atoms with Crippen molar-refractivity contribution in [2.75, 3.05) is 23.7 Å². The smallest absolute Gasteiger partial charge is 0.135 e. The molecule has 1 unspecified atom stereocenters. The van der Waals surface area contributed by atoms with Crippen LogP contribution in [0, 0.1) is 5.92 Å². The molecule has 0 aliphatic carbocycles. The van der Waals surface area contributed by atoms with Gasteiger partial charge in [0.05, 0.1) is 0 Å². The second-order valence-electron chi connectivity index (χ2n) is 4.37. The minimum Gasteiger partial charge on any atom is -0.370 e. The van der Waals surface area contributed by atoms with Gasteiger partial charge in [-0.05, 0) is 24.6 Å². The summed E-state index contributed by atoms with van der Waals surface area (Å²) in [6.07, 6.45) is 4.98. The number of anilines is 3. The zero-order valence-corrected chi connectivity index (χ0v) is 10.9. The van der Waals surface area contributed by atoms with E-state index in [1.807, 2.05) is 18.2 Å². The lowest BCUT2D eigenvalue weighted by Gasteiger charge is -2.11. The molecule has 0 radical (unpaired) electrons. The number of aromatic nitrogens is 3. The number of nitrogens with one attached hydrogen (secondary N) is 2. The van der Waals surface area contributed by atoms with E-state index in [0.29, 0.717) is 12.5 Å². The third-order valence-electron chi connectivity index (χ3n) is 2.65. The Balaban J connectivity index is 1.99. The van der Waals surface area contributed by atoms with Gasteiger partial charge in [-0.25, -0.2) is 9.97 Å². The zero-order chi connectivity index (χ0) is 13.5. The number of hydrogen-bond acceptors (Lipinski definition) is 6. The number of nitrogens with two attached hydrogens (primary N) is 1. The highest BCUT2D eigenvalue weighted by Crippen LogP contribution is 2.15. The monoisotopic (exact) mass is 258 g/mol. The molecule has 2 aromatic rings. The summed E-state index contributed by atoms with van der Waals surface area (Å²) in [6.45, 7) is 3.53. The highest BCUT2D eigenvalue weighted by molar-refractivity contribution is 5.57. The normalized spacial score (nSPS) is 11.9. The molecule has 2 aromatic heterocycles. The van der Waals surface area contributed by atoms with Crippen LogP contribution in [0.5, 0.6) is 0 Å². The summed E-state index contributed by atoms with van der Waals surface area (Å²) >= 11 is 0. The van der Waals surface area contributed by atoms with Crippen LogP contribution in [0.1, 0.15) is 6.92 Å². The van der Waals surface area contributed by atoms with E-state index >= 15 is 0 Å². The van der Waals surface area contributed by atoms with Gasteiger partial charge in [0.1, 0.15) is 18.0 Å². The minimum absolute atomic E-state index is 0.409. The Labute approximate surface area is 112 Å². The van der Waals surface area contributed by atoms with Gasteiger partial charge in [-0.2, -0.15) is 0 Å². The van der Waals surface area contributed by atoms with Crippen LogP contribution >= 0.6 is 0 Å². The van der Waals surface area contributed by atoms with Gasteiger partial charge in [0.2, 0.25) is 0 Å². The fourth-order valence-corrected chi connectivity index (χ4v) is 1.47.